The molecule has 0 spiro atoms. The normalized spacial score (nSPS) is 19.1. The number of ketones is 1. The van der Waals surface area contributed by atoms with Crippen molar-refractivity contribution >= 4 is 11.8 Å². The predicted molar refractivity (Wildman–Crippen MR) is 60.2 cm³/mol. The Morgan fingerprint density at radius 3 is 2.76 bits per heavy atom. The lowest BCUT2D eigenvalue weighted by molar-refractivity contribution is -0.145. The maximum atomic E-state index is 11.6. The molecule has 0 N–H and O–H groups in total. The van der Waals surface area contributed by atoms with Crippen molar-refractivity contribution in [3.8, 4) is 0 Å². The van der Waals surface area contributed by atoms with Crippen LogP contribution in [0.1, 0.15) is 12.0 Å². The second-order valence-electron chi connectivity index (χ2n) is 3.95. The van der Waals surface area contributed by atoms with Crippen molar-refractivity contribution in [3.63, 3.8) is 0 Å². The van der Waals surface area contributed by atoms with Crippen LogP contribution in [0.4, 0.5) is 0 Å². The van der Waals surface area contributed by atoms with Crippen LogP contribution in [-0.2, 0) is 25.7 Å². The van der Waals surface area contributed by atoms with E-state index in [9.17, 15) is 9.59 Å². The van der Waals surface area contributed by atoms with Crippen LogP contribution < -0.4 is 0 Å². The molecule has 1 fully saturated rings. The smallest absolute Gasteiger partial charge is 0.316 e. The quantitative estimate of drug-likeness (QED) is 0.570. The highest BCUT2D eigenvalue weighted by Gasteiger charge is 2.32. The van der Waals surface area contributed by atoms with Crippen LogP contribution in [0.15, 0.2) is 30.3 Å². The van der Waals surface area contributed by atoms with E-state index in [1.807, 2.05) is 30.3 Å². The first-order valence-electron chi connectivity index (χ1n) is 5.58. The van der Waals surface area contributed by atoms with Crippen LogP contribution >= 0.6 is 0 Å². The number of carbonyl (C=O) groups is 2. The summed E-state index contributed by atoms with van der Waals surface area (Å²) in [6, 6.07) is 9.59. The number of ether oxygens (including phenoxy) is 2. The third kappa shape index (κ3) is 3.14. The van der Waals surface area contributed by atoms with Gasteiger partial charge >= 0.3 is 5.97 Å². The highest BCUT2D eigenvalue weighted by Crippen LogP contribution is 2.15. The minimum Gasteiger partial charge on any atom is -0.465 e. The van der Waals surface area contributed by atoms with Crippen LogP contribution in [-0.4, -0.2) is 25.0 Å². The van der Waals surface area contributed by atoms with Gasteiger partial charge in [0.05, 0.1) is 13.2 Å². The van der Waals surface area contributed by atoms with Gasteiger partial charge in [-0.3, -0.25) is 9.59 Å². The summed E-state index contributed by atoms with van der Waals surface area (Å²) in [6.45, 7) is 0.691. The highest BCUT2D eigenvalue weighted by atomic mass is 16.5. The van der Waals surface area contributed by atoms with Crippen molar-refractivity contribution < 1.29 is 19.1 Å². The zero-order valence-corrected chi connectivity index (χ0v) is 9.43. The Morgan fingerprint density at radius 1 is 1.35 bits per heavy atom. The fourth-order valence-corrected chi connectivity index (χ4v) is 1.73. The van der Waals surface area contributed by atoms with Crippen LogP contribution in [0.25, 0.3) is 0 Å². The van der Waals surface area contributed by atoms with Gasteiger partial charge in [0.15, 0.2) is 5.78 Å². The molecule has 0 radical (unpaired) electrons. The molecule has 0 aliphatic carbocycles. The Labute approximate surface area is 99.5 Å². The summed E-state index contributed by atoms with van der Waals surface area (Å²) in [5.74, 6) is -1.23. The summed E-state index contributed by atoms with van der Waals surface area (Å²) < 4.78 is 10.0. The first-order chi connectivity index (χ1) is 8.27. The molecular formula is C13H14O4. The number of cyclic esters (lactones) is 1. The summed E-state index contributed by atoms with van der Waals surface area (Å²) in [4.78, 5) is 22.8. The van der Waals surface area contributed by atoms with Gasteiger partial charge < -0.3 is 9.47 Å². The van der Waals surface area contributed by atoms with E-state index in [4.69, 9.17) is 9.47 Å². The zero-order valence-electron chi connectivity index (χ0n) is 9.43. The molecule has 1 atom stereocenters. The molecule has 1 aromatic carbocycles. The number of hydrogen-bond acceptors (Lipinski definition) is 4. The van der Waals surface area contributed by atoms with E-state index in [1.165, 1.54) is 0 Å². The molecule has 0 saturated carbocycles. The lowest BCUT2D eigenvalue weighted by Crippen LogP contribution is -2.23. The lowest BCUT2D eigenvalue weighted by Gasteiger charge is -2.06. The van der Waals surface area contributed by atoms with Crippen molar-refractivity contribution in [1.82, 2.24) is 0 Å². The van der Waals surface area contributed by atoms with E-state index >= 15 is 0 Å². The van der Waals surface area contributed by atoms with E-state index in [-0.39, 0.29) is 12.4 Å². The SMILES string of the molecule is O=C(COCc1ccccc1)C1CCOC1=O. The molecule has 1 aliphatic heterocycles. The minimum atomic E-state index is -0.620. The van der Waals surface area contributed by atoms with Gasteiger partial charge in [0, 0.05) is 6.42 Å². The van der Waals surface area contributed by atoms with E-state index in [0.29, 0.717) is 19.6 Å². The van der Waals surface area contributed by atoms with Gasteiger partial charge in [0.1, 0.15) is 12.5 Å². The first-order valence-corrected chi connectivity index (χ1v) is 5.58. The number of esters is 1. The Bertz CT molecular complexity index is 399. The van der Waals surface area contributed by atoms with Gasteiger partial charge in [-0.2, -0.15) is 0 Å². The van der Waals surface area contributed by atoms with Crippen LogP contribution in [0.2, 0.25) is 0 Å². The lowest BCUT2D eigenvalue weighted by atomic mass is 10.0. The van der Waals surface area contributed by atoms with E-state index in [2.05, 4.69) is 0 Å². The van der Waals surface area contributed by atoms with Gasteiger partial charge in [-0.15, -0.1) is 0 Å². The summed E-state index contributed by atoms with van der Waals surface area (Å²) >= 11 is 0. The zero-order chi connectivity index (χ0) is 12.1. The Kier molecular flexibility index (Phi) is 3.88. The van der Waals surface area contributed by atoms with Gasteiger partial charge in [-0.05, 0) is 5.56 Å². The second kappa shape index (κ2) is 5.59. The second-order valence-corrected chi connectivity index (χ2v) is 3.95. The van der Waals surface area contributed by atoms with Gasteiger partial charge in [-0.1, -0.05) is 30.3 Å². The molecular weight excluding hydrogens is 220 g/mol. The largest absolute Gasteiger partial charge is 0.465 e. The Hall–Kier alpha value is -1.68. The molecule has 1 unspecified atom stereocenters. The average Bonchev–Trinajstić information content (AvgIpc) is 2.77. The van der Waals surface area contributed by atoms with Gasteiger partial charge in [0.25, 0.3) is 0 Å². The molecule has 2 rings (SSSR count). The van der Waals surface area contributed by atoms with Crippen LogP contribution in [0, 0.1) is 5.92 Å². The van der Waals surface area contributed by atoms with Crippen molar-refractivity contribution in [2.24, 2.45) is 5.92 Å². The third-order valence-corrected chi connectivity index (χ3v) is 2.68. The molecule has 0 aromatic heterocycles. The van der Waals surface area contributed by atoms with Crippen molar-refractivity contribution in [2.45, 2.75) is 13.0 Å². The highest BCUT2D eigenvalue weighted by molar-refractivity contribution is 6.00. The summed E-state index contributed by atoms with van der Waals surface area (Å²) in [5.41, 5.74) is 1.01. The summed E-state index contributed by atoms with van der Waals surface area (Å²) in [5, 5.41) is 0. The van der Waals surface area contributed by atoms with Gasteiger partial charge in [-0.25, -0.2) is 0 Å². The number of benzene rings is 1. The Balaban J connectivity index is 1.75. The number of rotatable bonds is 5. The summed E-state index contributed by atoms with van der Waals surface area (Å²) in [6.07, 6.45) is 0.479. The van der Waals surface area contributed by atoms with Gasteiger partial charge in [0.2, 0.25) is 0 Å². The molecule has 4 heteroatoms. The van der Waals surface area contributed by atoms with E-state index in [1.54, 1.807) is 0 Å². The average molecular weight is 234 g/mol. The third-order valence-electron chi connectivity index (χ3n) is 2.68. The number of Topliss-reactive ketones (excluding diaryl/α,β-unsaturated/α-hetero) is 1. The molecule has 1 aliphatic rings. The fraction of sp³-hybridized carbons (Fsp3) is 0.385. The molecule has 0 bridgehead atoms. The maximum absolute atomic E-state index is 11.6. The molecule has 1 saturated heterocycles. The van der Waals surface area contributed by atoms with Crippen LogP contribution in [0.5, 0.6) is 0 Å². The predicted octanol–water partition coefficient (Wildman–Crippen LogP) is 1.34. The molecule has 90 valence electrons. The topological polar surface area (TPSA) is 52.6 Å². The van der Waals surface area contributed by atoms with Crippen molar-refractivity contribution in [2.75, 3.05) is 13.2 Å². The Morgan fingerprint density at radius 2 is 2.12 bits per heavy atom. The standard InChI is InChI=1S/C13H14O4/c14-12(11-6-7-17-13(11)15)9-16-8-10-4-2-1-3-5-10/h1-5,11H,6-9H2. The molecule has 1 aromatic rings. The molecule has 17 heavy (non-hydrogen) atoms. The maximum Gasteiger partial charge on any atom is 0.316 e. The van der Waals surface area contributed by atoms with E-state index < -0.39 is 11.9 Å². The molecule has 4 nitrogen and oxygen atoms in total. The fourth-order valence-electron chi connectivity index (χ4n) is 1.73. The first kappa shape index (κ1) is 11.8. The van der Waals surface area contributed by atoms with Crippen molar-refractivity contribution in [1.29, 1.82) is 0 Å². The minimum absolute atomic E-state index is 0.0331. The van der Waals surface area contributed by atoms with E-state index in [0.717, 1.165) is 5.56 Å². The van der Waals surface area contributed by atoms with Crippen LogP contribution in [0.3, 0.4) is 0 Å². The molecule has 1 heterocycles. The number of carbonyl (C=O) groups excluding carboxylic acids is 2. The van der Waals surface area contributed by atoms with Crippen molar-refractivity contribution in [3.05, 3.63) is 35.9 Å². The number of hydrogen-bond donors (Lipinski definition) is 0. The summed E-state index contributed by atoms with van der Waals surface area (Å²) in [7, 11) is 0. The molecule has 0 amide bonds. The monoisotopic (exact) mass is 234 g/mol.